The largest absolute Gasteiger partial charge is 0.378 e. The molecule has 0 radical (unpaired) electrons. The molecular weight excluding hydrogens is 352 g/mol. The van der Waals surface area contributed by atoms with Gasteiger partial charge in [0.2, 0.25) is 5.95 Å². The molecule has 3 aromatic rings. The van der Waals surface area contributed by atoms with Crippen molar-refractivity contribution in [3.05, 3.63) is 54.1 Å². The molecule has 0 atom stereocenters. The third-order valence-electron chi connectivity index (χ3n) is 4.07. The molecule has 1 aliphatic heterocycles. The van der Waals surface area contributed by atoms with Gasteiger partial charge in [-0.15, -0.1) is 0 Å². The number of rotatable bonds is 4. The number of nitrogens with one attached hydrogen (secondary N) is 1. The Morgan fingerprint density at radius 1 is 1.00 bits per heavy atom. The maximum absolute atomic E-state index is 6.12. The number of aromatic nitrogens is 4. The quantitative estimate of drug-likeness (QED) is 0.709. The molecule has 1 aliphatic rings. The molecule has 2 aromatic heterocycles. The van der Waals surface area contributed by atoms with Crippen molar-refractivity contribution in [1.82, 2.24) is 19.9 Å². The van der Waals surface area contributed by atoms with Crippen LogP contribution in [-0.2, 0) is 4.74 Å². The molecule has 4 rings (SSSR count). The van der Waals surface area contributed by atoms with E-state index in [4.69, 9.17) is 16.3 Å². The first kappa shape index (κ1) is 16.7. The zero-order chi connectivity index (χ0) is 17.8. The highest BCUT2D eigenvalue weighted by Crippen LogP contribution is 2.24. The average Bonchev–Trinajstić information content (AvgIpc) is 2.70. The molecule has 0 aliphatic carbocycles. The smallest absolute Gasteiger partial charge is 0.230 e. The minimum Gasteiger partial charge on any atom is -0.378 e. The summed E-state index contributed by atoms with van der Waals surface area (Å²) in [5, 5.41) is 3.56. The first-order chi connectivity index (χ1) is 12.8. The maximum atomic E-state index is 6.12. The third kappa shape index (κ3) is 3.74. The van der Waals surface area contributed by atoms with Gasteiger partial charge in [-0.05, 0) is 36.4 Å². The Hall–Kier alpha value is -2.77. The number of hydrogen-bond acceptors (Lipinski definition) is 7. The summed E-state index contributed by atoms with van der Waals surface area (Å²) in [7, 11) is 0. The van der Waals surface area contributed by atoms with E-state index in [0.29, 0.717) is 22.5 Å². The minimum absolute atomic E-state index is 0.361. The van der Waals surface area contributed by atoms with Crippen LogP contribution in [0.25, 0.3) is 11.4 Å². The van der Waals surface area contributed by atoms with Gasteiger partial charge in [-0.2, -0.15) is 4.98 Å². The van der Waals surface area contributed by atoms with Crippen LogP contribution in [0.5, 0.6) is 0 Å². The Balaban J connectivity index is 1.50. The van der Waals surface area contributed by atoms with Gasteiger partial charge in [0, 0.05) is 30.7 Å². The van der Waals surface area contributed by atoms with Crippen LogP contribution in [0, 0.1) is 0 Å². The Morgan fingerprint density at radius 2 is 1.81 bits per heavy atom. The van der Waals surface area contributed by atoms with E-state index in [-0.39, 0.29) is 0 Å². The van der Waals surface area contributed by atoms with Crippen molar-refractivity contribution >= 4 is 28.9 Å². The van der Waals surface area contributed by atoms with E-state index in [1.54, 1.807) is 12.3 Å². The third-order valence-corrected chi connectivity index (χ3v) is 4.37. The number of nitrogens with zero attached hydrogens (tertiary/aromatic N) is 5. The summed E-state index contributed by atoms with van der Waals surface area (Å²) in [5.41, 5.74) is 2.75. The van der Waals surface area contributed by atoms with E-state index in [1.165, 1.54) is 12.0 Å². The second-order valence-corrected chi connectivity index (χ2v) is 6.10. The molecule has 132 valence electrons. The molecule has 0 bridgehead atoms. The van der Waals surface area contributed by atoms with Gasteiger partial charge < -0.3 is 15.0 Å². The fourth-order valence-electron chi connectivity index (χ4n) is 2.75. The number of ether oxygens (including phenoxy) is 1. The van der Waals surface area contributed by atoms with Crippen molar-refractivity contribution in [2.24, 2.45) is 0 Å². The van der Waals surface area contributed by atoms with E-state index < -0.39 is 0 Å². The zero-order valence-corrected chi connectivity index (χ0v) is 14.7. The van der Waals surface area contributed by atoms with Gasteiger partial charge in [0.15, 0.2) is 5.82 Å². The number of halogens is 1. The molecule has 3 heterocycles. The summed E-state index contributed by atoms with van der Waals surface area (Å²) in [6, 6.07) is 11.8. The van der Waals surface area contributed by atoms with E-state index >= 15 is 0 Å². The average molecular weight is 369 g/mol. The van der Waals surface area contributed by atoms with Crippen molar-refractivity contribution in [3.8, 4) is 11.4 Å². The van der Waals surface area contributed by atoms with Gasteiger partial charge >= 0.3 is 0 Å². The minimum atomic E-state index is 0.361. The highest BCUT2D eigenvalue weighted by Gasteiger charge is 2.11. The van der Waals surface area contributed by atoms with Gasteiger partial charge in [0.05, 0.1) is 18.8 Å². The molecule has 26 heavy (non-hydrogen) atoms. The molecule has 0 unspecified atom stereocenters. The van der Waals surface area contributed by atoms with Crippen LogP contribution in [0.2, 0.25) is 5.15 Å². The van der Waals surface area contributed by atoms with Crippen molar-refractivity contribution in [1.29, 1.82) is 0 Å². The molecule has 1 aromatic carbocycles. The Labute approximate surface area is 156 Å². The summed E-state index contributed by atoms with van der Waals surface area (Å²) in [5.74, 6) is 0.930. The predicted molar refractivity (Wildman–Crippen MR) is 101 cm³/mol. The molecule has 7 nitrogen and oxygen atoms in total. The molecular formula is C18H17ClN6O. The second-order valence-electron chi connectivity index (χ2n) is 5.75. The van der Waals surface area contributed by atoms with Crippen LogP contribution in [0.1, 0.15) is 0 Å². The van der Waals surface area contributed by atoms with Crippen LogP contribution in [0.15, 0.2) is 48.9 Å². The molecule has 1 saturated heterocycles. The van der Waals surface area contributed by atoms with Gasteiger partial charge in [-0.1, -0.05) is 11.6 Å². The summed E-state index contributed by atoms with van der Waals surface area (Å²) in [4.78, 5) is 19.1. The Bertz CT molecular complexity index is 883. The van der Waals surface area contributed by atoms with Crippen molar-refractivity contribution in [2.45, 2.75) is 0 Å². The summed E-state index contributed by atoms with van der Waals surface area (Å²) < 4.78 is 5.39. The van der Waals surface area contributed by atoms with Gasteiger partial charge in [0.25, 0.3) is 0 Å². The van der Waals surface area contributed by atoms with E-state index in [2.05, 4.69) is 42.3 Å². The van der Waals surface area contributed by atoms with Crippen LogP contribution >= 0.6 is 11.6 Å². The fraction of sp³-hybridized carbons (Fsp3) is 0.222. The maximum Gasteiger partial charge on any atom is 0.230 e. The molecule has 0 saturated carbocycles. The number of hydrogen-bond donors (Lipinski definition) is 1. The zero-order valence-electron chi connectivity index (χ0n) is 14.0. The SMILES string of the molecule is Clc1ncccc1-c1ncnc(Nc2ccc(N3CCOCC3)cc2)n1. The normalized spacial score (nSPS) is 14.3. The van der Waals surface area contributed by atoms with Gasteiger partial charge in [-0.25, -0.2) is 15.0 Å². The summed E-state index contributed by atoms with van der Waals surface area (Å²) in [6.45, 7) is 3.36. The lowest BCUT2D eigenvalue weighted by Crippen LogP contribution is -2.36. The van der Waals surface area contributed by atoms with E-state index in [9.17, 15) is 0 Å². The second kappa shape index (κ2) is 7.63. The lowest BCUT2D eigenvalue weighted by Gasteiger charge is -2.28. The summed E-state index contributed by atoms with van der Waals surface area (Å²) >= 11 is 6.12. The first-order valence-corrected chi connectivity index (χ1v) is 8.67. The standard InChI is InChI=1S/C18H17ClN6O/c19-16-15(2-1-7-20-16)17-21-12-22-18(24-17)23-13-3-5-14(6-4-13)25-8-10-26-11-9-25/h1-7,12H,8-11H2,(H,21,22,23,24). The van der Waals surface area contributed by atoms with Crippen LogP contribution in [0.3, 0.4) is 0 Å². The molecule has 0 spiro atoms. The van der Waals surface area contributed by atoms with E-state index in [0.717, 1.165) is 32.0 Å². The Morgan fingerprint density at radius 3 is 2.58 bits per heavy atom. The molecule has 0 amide bonds. The van der Waals surface area contributed by atoms with Gasteiger partial charge in [-0.3, -0.25) is 0 Å². The number of benzene rings is 1. The predicted octanol–water partition coefficient (Wildman–Crippen LogP) is 3.17. The van der Waals surface area contributed by atoms with Crippen LogP contribution < -0.4 is 10.2 Å². The molecule has 1 N–H and O–H groups in total. The lowest BCUT2D eigenvalue weighted by molar-refractivity contribution is 0.122. The van der Waals surface area contributed by atoms with Crippen LogP contribution in [-0.4, -0.2) is 46.2 Å². The fourth-order valence-corrected chi connectivity index (χ4v) is 2.95. The highest BCUT2D eigenvalue weighted by atomic mass is 35.5. The lowest BCUT2D eigenvalue weighted by atomic mass is 10.2. The highest BCUT2D eigenvalue weighted by molar-refractivity contribution is 6.31. The van der Waals surface area contributed by atoms with Crippen molar-refractivity contribution in [3.63, 3.8) is 0 Å². The van der Waals surface area contributed by atoms with E-state index in [1.807, 2.05) is 18.2 Å². The number of morpholine rings is 1. The summed E-state index contributed by atoms with van der Waals surface area (Å²) in [6.07, 6.45) is 3.08. The van der Waals surface area contributed by atoms with Crippen molar-refractivity contribution < 1.29 is 4.74 Å². The monoisotopic (exact) mass is 368 g/mol. The van der Waals surface area contributed by atoms with Crippen LogP contribution in [0.4, 0.5) is 17.3 Å². The van der Waals surface area contributed by atoms with Gasteiger partial charge in [0.1, 0.15) is 11.5 Å². The topological polar surface area (TPSA) is 76.1 Å². The Kier molecular flexibility index (Phi) is 4.90. The van der Waals surface area contributed by atoms with Crippen molar-refractivity contribution in [2.75, 3.05) is 36.5 Å². The number of pyridine rings is 1. The molecule has 1 fully saturated rings. The number of anilines is 3. The first-order valence-electron chi connectivity index (χ1n) is 8.29. The molecule has 8 heteroatoms.